The number of urea groups is 1. The van der Waals surface area contributed by atoms with Crippen LogP contribution in [0.5, 0.6) is 0 Å². The number of rotatable bonds is 3. The summed E-state index contributed by atoms with van der Waals surface area (Å²) in [7, 11) is 0. The SMILES string of the molecule is CCCN1CC(=O)N(c2ncc(C)s2)C1=O. The molecule has 1 aliphatic heterocycles. The minimum absolute atomic E-state index is 0.172. The van der Waals surface area contributed by atoms with Crippen molar-refractivity contribution in [1.29, 1.82) is 0 Å². The lowest BCUT2D eigenvalue weighted by molar-refractivity contribution is -0.116. The van der Waals surface area contributed by atoms with Crippen molar-refractivity contribution >= 4 is 28.4 Å². The van der Waals surface area contributed by atoms with Crippen molar-refractivity contribution in [3.05, 3.63) is 11.1 Å². The Balaban J connectivity index is 2.22. The Morgan fingerprint density at radius 1 is 1.50 bits per heavy atom. The van der Waals surface area contributed by atoms with Gasteiger partial charge in [-0.3, -0.25) is 4.79 Å². The fourth-order valence-corrected chi connectivity index (χ4v) is 2.40. The van der Waals surface area contributed by atoms with E-state index < -0.39 is 0 Å². The Bertz CT molecular complexity index is 429. The summed E-state index contributed by atoms with van der Waals surface area (Å²) in [4.78, 5) is 31.4. The molecule has 0 bridgehead atoms. The largest absolute Gasteiger partial charge is 0.333 e. The highest BCUT2D eigenvalue weighted by molar-refractivity contribution is 7.15. The molecule has 0 saturated carbocycles. The molecular weight excluding hydrogens is 226 g/mol. The third-order valence-corrected chi connectivity index (χ3v) is 3.23. The summed E-state index contributed by atoms with van der Waals surface area (Å²) >= 11 is 1.36. The monoisotopic (exact) mass is 239 g/mol. The molecule has 0 unspecified atom stereocenters. The maximum atomic E-state index is 11.9. The molecule has 1 aromatic heterocycles. The van der Waals surface area contributed by atoms with E-state index in [1.165, 1.54) is 16.2 Å². The van der Waals surface area contributed by atoms with Gasteiger partial charge in [-0.2, -0.15) is 0 Å². The van der Waals surface area contributed by atoms with Crippen LogP contribution in [0.4, 0.5) is 9.93 Å². The van der Waals surface area contributed by atoms with Crippen molar-refractivity contribution in [1.82, 2.24) is 9.88 Å². The van der Waals surface area contributed by atoms with E-state index in [9.17, 15) is 9.59 Å². The van der Waals surface area contributed by atoms with E-state index in [0.29, 0.717) is 11.7 Å². The van der Waals surface area contributed by atoms with E-state index >= 15 is 0 Å². The zero-order valence-corrected chi connectivity index (χ0v) is 10.1. The number of anilines is 1. The van der Waals surface area contributed by atoms with E-state index in [-0.39, 0.29) is 18.5 Å². The van der Waals surface area contributed by atoms with Gasteiger partial charge in [0.2, 0.25) is 5.13 Å². The molecule has 86 valence electrons. The predicted molar refractivity (Wildman–Crippen MR) is 61.6 cm³/mol. The zero-order valence-electron chi connectivity index (χ0n) is 9.27. The second-order valence-corrected chi connectivity index (χ2v) is 4.90. The number of amides is 3. The maximum absolute atomic E-state index is 11.9. The number of aromatic nitrogens is 1. The lowest BCUT2D eigenvalue weighted by atomic mass is 10.4. The molecule has 0 aromatic carbocycles. The van der Waals surface area contributed by atoms with Gasteiger partial charge in [-0.15, -0.1) is 11.3 Å². The highest BCUT2D eigenvalue weighted by atomic mass is 32.1. The Morgan fingerprint density at radius 3 is 2.81 bits per heavy atom. The number of imide groups is 1. The molecule has 1 aromatic rings. The van der Waals surface area contributed by atoms with E-state index in [2.05, 4.69) is 4.98 Å². The van der Waals surface area contributed by atoms with Gasteiger partial charge in [0.05, 0.1) is 0 Å². The molecule has 0 spiro atoms. The number of hydrogen-bond donors (Lipinski definition) is 0. The molecule has 1 aliphatic rings. The Morgan fingerprint density at radius 2 is 2.25 bits per heavy atom. The minimum Gasteiger partial charge on any atom is -0.315 e. The number of thiazole rings is 1. The van der Waals surface area contributed by atoms with Crippen molar-refractivity contribution < 1.29 is 9.59 Å². The van der Waals surface area contributed by atoms with Gasteiger partial charge in [-0.1, -0.05) is 6.92 Å². The van der Waals surface area contributed by atoms with Gasteiger partial charge in [0.15, 0.2) is 0 Å². The van der Waals surface area contributed by atoms with Crippen LogP contribution in [0.25, 0.3) is 0 Å². The summed E-state index contributed by atoms with van der Waals surface area (Å²) in [5.74, 6) is -0.187. The first kappa shape index (κ1) is 11.1. The molecule has 1 saturated heterocycles. The number of carbonyl (C=O) groups excluding carboxylic acids is 2. The second-order valence-electron chi connectivity index (χ2n) is 3.69. The summed E-state index contributed by atoms with van der Waals surface area (Å²) in [5, 5.41) is 0.478. The summed E-state index contributed by atoms with van der Waals surface area (Å²) in [6.07, 6.45) is 2.52. The molecule has 6 heteroatoms. The van der Waals surface area contributed by atoms with Crippen LogP contribution in [0.1, 0.15) is 18.2 Å². The van der Waals surface area contributed by atoms with Crippen LogP contribution in [0.15, 0.2) is 6.20 Å². The van der Waals surface area contributed by atoms with Crippen molar-refractivity contribution in [3.63, 3.8) is 0 Å². The first-order valence-electron chi connectivity index (χ1n) is 5.17. The summed E-state index contributed by atoms with van der Waals surface area (Å²) < 4.78 is 0. The lowest BCUT2D eigenvalue weighted by Crippen LogP contribution is -2.33. The molecular formula is C10H13N3O2S. The fourth-order valence-electron chi connectivity index (χ4n) is 1.63. The van der Waals surface area contributed by atoms with Crippen LogP contribution in [-0.4, -0.2) is 34.9 Å². The van der Waals surface area contributed by atoms with Crippen LogP contribution in [0.3, 0.4) is 0 Å². The third kappa shape index (κ3) is 1.80. The lowest BCUT2D eigenvalue weighted by Gasteiger charge is -2.13. The van der Waals surface area contributed by atoms with Gasteiger partial charge in [-0.05, 0) is 13.3 Å². The van der Waals surface area contributed by atoms with E-state index in [1.54, 1.807) is 11.1 Å². The number of nitrogens with zero attached hydrogens (tertiary/aromatic N) is 3. The summed E-state index contributed by atoms with van der Waals surface area (Å²) in [5.41, 5.74) is 0. The molecule has 0 aliphatic carbocycles. The second kappa shape index (κ2) is 4.21. The fraction of sp³-hybridized carbons (Fsp3) is 0.500. The van der Waals surface area contributed by atoms with Gasteiger partial charge < -0.3 is 4.90 Å². The topological polar surface area (TPSA) is 53.5 Å². The molecule has 2 heterocycles. The average molecular weight is 239 g/mol. The van der Waals surface area contributed by atoms with Gasteiger partial charge in [0.25, 0.3) is 5.91 Å². The summed E-state index contributed by atoms with van der Waals surface area (Å²) in [6.45, 7) is 4.67. The molecule has 0 radical (unpaired) electrons. The Kier molecular flexibility index (Phi) is 2.91. The molecule has 2 rings (SSSR count). The van der Waals surface area contributed by atoms with E-state index in [4.69, 9.17) is 0 Å². The molecule has 3 amide bonds. The van der Waals surface area contributed by atoms with E-state index in [1.807, 2.05) is 13.8 Å². The predicted octanol–water partition coefficient (Wildman–Crippen LogP) is 1.63. The normalized spacial score (nSPS) is 16.4. The minimum atomic E-state index is -0.249. The molecule has 16 heavy (non-hydrogen) atoms. The van der Waals surface area contributed by atoms with E-state index in [0.717, 1.165) is 11.3 Å². The van der Waals surface area contributed by atoms with Gasteiger partial charge in [0, 0.05) is 17.6 Å². The van der Waals surface area contributed by atoms with Crippen molar-refractivity contribution in [2.75, 3.05) is 18.0 Å². The zero-order chi connectivity index (χ0) is 11.7. The van der Waals surface area contributed by atoms with Gasteiger partial charge >= 0.3 is 6.03 Å². The van der Waals surface area contributed by atoms with Gasteiger partial charge in [0.1, 0.15) is 6.54 Å². The van der Waals surface area contributed by atoms with Crippen LogP contribution in [0.2, 0.25) is 0 Å². The average Bonchev–Trinajstić information content (AvgIpc) is 2.74. The number of carbonyl (C=O) groups is 2. The molecule has 5 nitrogen and oxygen atoms in total. The molecule has 0 atom stereocenters. The Labute approximate surface area is 97.7 Å². The first-order chi connectivity index (χ1) is 7.63. The first-order valence-corrected chi connectivity index (χ1v) is 5.99. The highest BCUT2D eigenvalue weighted by Crippen LogP contribution is 2.25. The third-order valence-electron chi connectivity index (χ3n) is 2.33. The Hall–Kier alpha value is -1.43. The standard InChI is InChI=1S/C10H13N3O2S/c1-3-4-12-6-8(14)13(10(12)15)9-11-5-7(2)16-9/h5H,3-4,6H2,1-2H3. The number of hydrogen-bond acceptors (Lipinski definition) is 4. The van der Waals surface area contributed by atoms with Crippen LogP contribution >= 0.6 is 11.3 Å². The van der Waals surface area contributed by atoms with Crippen molar-refractivity contribution in [3.8, 4) is 0 Å². The quantitative estimate of drug-likeness (QED) is 0.753. The highest BCUT2D eigenvalue weighted by Gasteiger charge is 2.38. The number of aryl methyl sites for hydroxylation is 1. The van der Waals surface area contributed by atoms with Crippen LogP contribution in [0, 0.1) is 6.92 Å². The summed E-state index contributed by atoms with van der Waals surface area (Å²) in [6, 6.07) is -0.249. The maximum Gasteiger partial charge on any atom is 0.333 e. The molecule has 1 fully saturated rings. The smallest absolute Gasteiger partial charge is 0.315 e. The molecule has 0 N–H and O–H groups in total. The van der Waals surface area contributed by atoms with Crippen molar-refractivity contribution in [2.45, 2.75) is 20.3 Å². The van der Waals surface area contributed by atoms with Crippen LogP contribution in [-0.2, 0) is 4.79 Å². The van der Waals surface area contributed by atoms with Crippen LogP contribution < -0.4 is 4.90 Å². The van der Waals surface area contributed by atoms with Crippen molar-refractivity contribution in [2.24, 2.45) is 0 Å². The van der Waals surface area contributed by atoms with Gasteiger partial charge in [-0.25, -0.2) is 14.7 Å².